The van der Waals surface area contributed by atoms with E-state index in [0.717, 1.165) is 17.2 Å². The Morgan fingerprint density at radius 2 is 1.84 bits per heavy atom. The van der Waals surface area contributed by atoms with Crippen LogP contribution in [0.4, 0.5) is 0 Å². The number of carbonyl (C=O) groups excluding carboxylic acids is 1. The predicted octanol–water partition coefficient (Wildman–Crippen LogP) is 2.64. The highest BCUT2D eigenvalue weighted by molar-refractivity contribution is 7.98. The van der Waals surface area contributed by atoms with Crippen LogP contribution in [0.1, 0.15) is 36.8 Å². The molecular formula is C15H22N2OS. The molecule has 3 N–H and O–H groups in total. The van der Waals surface area contributed by atoms with Gasteiger partial charge in [-0.2, -0.15) is 11.8 Å². The van der Waals surface area contributed by atoms with Gasteiger partial charge in [0.25, 0.3) is 0 Å². The first-order valence-corrected chi connectivity index (χ1v) is 8.08. The van der Waals surface area contributed by atoms with Gasteiger partial charge in [0.2, 0.25) is 5.91 Å². The molecule has 0 atom stereocenters. The third-order valence-electron chi connectivity index (χ3n) is 3.65. The fourth-order valence-electron chi connectivity index (χ4n) is 2.51. The summed E-state index contributed by atoms with van der Waals surface area (Å²) in [6.07, 6.45) is 6.03. The van der Waals surface area contributed by atoms with E-state index in [-0.39, 0.29) is 5.91 Å². The van der Waals surface area contributed by atoms with Crippen molar-refractivity contribution in [3.05, 3.63) is 35.4 Å². The highest BCUT2D eigenvalue weighted by Crippen LogP contribution is 2.29. The second-order valence-corrected chi connectivity index (χ2v) is 6.26. The maximum Gasteiger partial charge on any atom is 0.238 e. The van der Waals surface area contributed by atoms with E-state index >= 15 is 0 Å². The lowest BCUT2D eigenvalue weighted by molar-refractivity contribution is -0.120. The molecule has 2 rings (SSSR count). The van der Waals surface area contributed by atoms with Gasteiger partial charge < -0.3 is 0 Å². The second-order valence-electron chi connectivity index (χ2n) is 5.23. The lowest BCUT2D eigenvalue weighted by Gasteiger charge is -2.08. The third-order valence-corrected chi connectivity index (χ3v) is 4.89. The van der Waals surface area contributed by atoms with E-state index in [1.807, 2.05) is 23.9 Å². The van der Waals surface area contributed by atoms with Gasteiger partial charge in [0.05, 0.1) is 6.42 Å². The Hall–Kier alpha value is -1.00. The molecule has 0 unspecified atom stereocenters. The Morgan fingerprint density at radius 1 is 1.21 bits per heavy atom. The van der Waals surface area contributed by atoms with Gasteiger partial charge in [-0.25, -0.2) is 5.84 Å². The van der Waals surface area contributed by atoms with Gasteiger partial charge in [0.15, 0.2) is 0 Å². The minimum absolute atomic E-state index is 0.150. The number of hydrazine groups is 1. The van der Waals surface area contributed by atoms with Crippen LogP contribution in [0.25, 0.3) is 0 Å². The zero-order chi connectivity index (χ0) is 13.5. The van der Waals surface area contributed by atoms with Crippen molar-refractivity contribution < 1.29 is 4.79 Å². The lowest BCUT2D eigenvalue weighted by Crippen LogP contribution is -2.31. The van der Waals surface area contributed by atoms with Crippen LogP contribution in [0.15, 0.2) is 24.3 Å². The average molecular weight is 278 g/mol. The third kappa shape index (κ3) is 4.88. The normalized spacial score (nSPS) is 15.6. The number of hydrogen-bond donors (Lipinski definition) is 2. The molecule has 0 radical (unpaired) electrons. The standard InChI is InChI=1S/C15H22N2OS/c16-17-15(18)9-12-5-7-14(8-6-12)11-19-10-13-3-1-2-4-13/h5-8,13H,1-4,9-11,16H2,(H,17,18). The fourth-order valence-corrected chi connectivity index (χ4v) is 3.72. The van der Waals surface area contributed by atoms with Crippen molar-refractivity contribution in [1.29, 1.82) is 0 Å². The van der Waals surface area contributed by atoms with E-state index < -0.39 is 0 Å². The zero-order valence-corrected chi connectivity index (χ0v) is 12.0. The summed E-state index contributed by atoms with van der Waals surface area (Å²) in [7, 11) is 0. The maximum absolute atomic E-state index is 11.1. The van der Waals surface area contributed by atoms with E-state index in [1.54, 1.807) is 0 Å². The molecule has 0 bridgehead atoms. The van der Waals surface area contributed by atoms with Gasteiger partial charge >= 0.3 is 0 Å². The Bertz CT molecular complexity index is 399. The molecule has 1 aromatic rings. The molecule has 104 valence electrons. The van der Waals surface area contributed by atoms with Gasteiger partial charge in [-0.05, 0) is 35.6 Å². The first-order valence-electron chi connectivity index (χ1n) is 6.93. The molecule has 1 aliphatic rings. The number of benzene rings is 1. The van der Waals surface area contributed by atoms with Crippen molar-refractivity contribution in [1.82, 2.24) is 5.43 Å². The largest absolute Gasteiger partial charge is 0.294 e. The number of amides is 1. The predicted molar refractivity (Wildman–Crippen MR) is 80.6 cm³/mol. The van der Waals surface area contributed by atoms with Gasteiger partial charge in [0.1, 0.15) is 0 Å². The van der Waals surface area contributed by atoms with E-state index in [9.17, 15) is 4.79 Å². The number of nitrogens with one attached hydrogen (secondary N) is 1. The summed E-state index contributed by atoms with van der Waals surface area (Å²) in [6, 6.07) is 8.25. The Kier molecular flexibility index (Phi) is 5.73. The molecule has 0 aliphatic heterocycles. The van der Waals surface area contributed by atoms with Crippen molar-refractivity contribution in [3.63, 3.8) is 0 Å². The van der Waals surface area contributed by atoms with Crippen molar-refractivity contribution in [2.24, 2.45) is 11.8 Å². The summed E-state index contributed by atoms with van der Waals surface area (Å²) in [5.41, 5.74) is 4.49. The minimum Gasteiger partial charge on any atom is -0.294 e. The van der Waals surface area contributed by atoms with E-state index in [0.29, 0.717) is 6.42 Å². The van der Waals surface area contributed by atoms with Crippen LogP contribution in [0.3, 0.4) is 0 Å². The van der Waals surface area contributed by atoms with Crippen LogP contribution in [0.2, 0.25) is 0 Å². The van der Waals surface area contributed by atoms with Crippen molar-refractivity contribution in [2.45, 2.75) is 37.9 Å². The topological polar surface area (TPSA) is 55.1 Å². The second kappa shape index (κ2) is 7.56. The van der Waals surface area contributed by atoms with E-state index in [1.165, 1.54) is 37.0 Å². The summed E-state index contributed by atoms with van der Waals surface area (Å²) in [5, 5.41) is 0. The van der Waals surface area contributed by atoms with E-state index in [4.69, 9.17) is 5.84 Å². The molecule has 0 saturated heterocycles. The molecule has 3 nitrogen and oxygen atoms in total. The van der Waals surface area contributed by atoms with Crippen LogP contribution in [-0.2, 0) is 17.0 Å². The first-order chi connectivity index (χ1) is 9.28. The summed E-state index contributed by atoms with van der Waals surface area (Å²) in [4.78, 5) is 11.1. The van der Waals surface area contributed by atoms with Crippen LogP contribution < -0.4 is 11.3 Å². The van der Waals surface area contributed by atoms with Crippen LogP contribution in [0.5, 0.6) is 0 Å². The number of hydrogen-bond acceptors (Lipinski definition) is 3. The van der Waals surface area contributed by atoms with Crippen LogP contribution in [0, 0.1) is 5.92 Å². The smallest absolute Gasteiger partial charge is 0.238 e. The molecule has 0 aromatic heterocycles. The van der Waals surface area contributed by atoms with Crippen LogP contribution >= 0.6 is 11.8 Å². The molecule has 1 saturated carbocycles. The van der Waals surface area contributed by atoms with Gasteiger partial charge in [-0.15, -0.1) is 0 Å². The minimum atomic E-state index is -0.150. The van der Waals surface area contributed by atoms with Gasteiger partial charge in [0, 0.05) is 5.75 Å². The SMILES string of the molecule is NNC(=O)Cc1ccc(CSCC2CCCC2)cc1. The molecule has 1 amide bonds. The first kappa shape index (κ1) is 14.4. The van der Waals surface area contributed by atoms with Crippen LogP contribution in [-0.4, -0.2) is 11.7 Å². The van der Waals surface area contributed by atoms with Gasteiger partial charge in [-0.1, -0.05) is 37.1 Å². The molecular weight excluding hydrogens is 256 g/mol. The molecule has 4 heteroatoms. The van der Waals surface area contributed by atoms with E-state index in [2.05, 4.69) is 17.6 Å². The Morgan fingerprint density at radius 3 is 2.47 bits per heavy atom. The Balaban J connectivity index is 1.73. The number of rotatable bonds is 6. The molecule has 1 aliphatic carbocycles. The van der Waals surface area contributed by atoms with Crippen molar-refractivity contribution >= 4 is 17.7 Å². The summed E-state index contributed by atoms with van der Waals surface area (Å²) >= 11 is 2.03. The molecule has 0 spiro atoms. The lowest BCUT2D eigenvalue weighted by atomic mass is 10.1. The maximum atomic E-state index is 11.1. The summed E-state index contributed by atoms with van der Waals surface area (Å²) < 4.78 is 0. The summed E-state index contributed by atoms with van der Waals surface area (Å²) in [5.74, 6) is 8.22. The zero-order valence-electron chi connectivity index (χ0n) is 11.2. The summed E-state index contributed by atoms with van der Waals surface area (Å²) in [6.45, 7) is 0. The average Bonchev–Trinajstić information content (AvgIpc) is 2.94. The number of carbonyl (C=O) groups is 1. The highest BCUT2D eigenvalue weighted by atomic mass is 32.2. The molecule has 19 heavy (non-hydrogen) atoms. The number of nitrogens with two attached hydrogens (primary N) is 1. The van der Waals surface area contributed by atoms with Crippen molar-refractivity contribution in [2.75, 3.05) is 5.75 Å². The highest BCUT2D eigenvalue weighted by Gasteiger charge is 2.14. The molecule has 0 heterocycles. The quantitative estimate of drug-likeness (QED) is 0.478. The fraction of sp³-hybridized carbons (Fsp3) is 0.533. The molecule has 1 fully saturated rings. The van der Waals surface area contributed by atoms with Crippen molar-refractivity contribution in [3.8, 4) is 0 Å². The Labute approximate surface area is 119 Å². The monoisotopic (exact) mass is 278 g/mol. The van der Waals surface area contributed by atoms with Gasteiger partial charge in [-0.3, -0.25) is 10.2 Å². The number of thioether (sulfide) groups is 1. The molecule has 1 aromatic carbocycles.